The highest BCUT2D eigenvalue weighted by molar-refractivity contribution is 5.98. The van der Waals surface area contributed by atoms with E-state index in [1.807, 2.05) is 34.7 Å². The van der Waals surface area contributed by atoms with E-state index in [1.54, 1.807) is 25.1 Å². The van der Waals surface area contributed by atoms with Gasteiger partial charge in [0.2, 0.25) is 11.8 Å². The first-order chi connectivity index (χ1) is 16.4. The van der Waals surface area contributed by atoms with Crippen LogP contribution >= 0.6 is 0 Å². The van der Waals surface area contributed by atoms with Gasteiger partial charge in [-0.3, -0.25) is 14.4 Å². The molecule has 2 fully saturated rings. The van der Waals surface area contributed by atoms with Crippen molar-refractivity contribution < 1.29 is 14.4 Å². The molecule has 0 spiro atoms. The number of carbonyl (C=O) groups is 3. The third kappa shape index (κ3) is 4.94. The molecule has 2 atom stereocenters. The Hall–Kier alpha value is -2.94. The summed E-state index contributed by atoms with van der Waals surface area (Å²) < 4.78 is 1.83. The molecular formula is C25H36N6O3. The molecule has 2 N–H and O–H groups in total. The molecule has 9 heteroatoms. The van der Waals surface area contributed by atoms with Gasteiger partial charge in [0.05, 0.1) is 6.04 Å². The molecule has 1 saturated carbocycles. The Kier molecular flexibility index (Phi) is 7.50. The molecule has 0 radical (unpaired) electrons. The van der Waals surface area contributed by atoms with E-state index in [-0.39, 0.29) is 29.7 Å². The zero-order chi connectivity index (χ0) is 24.2. The summed E-state index contributed by atoms with van der Waals surface area (Å²) in [6.45, 7) is 3.67. The van der Waals surface area contributed by atoms with Crippen LogP contribution in [-0.4, -0.2) is 82.4 Å². The van der Waals surface area contributed by atoms with Crippen LogP contribution in [0.4, 0.5) is 0 Å². The number of rotatable bonds is 6. The van der Waals surface area contributed by atoms with E-state index in [9.17, 15) is 14.4 Å². The third-order valence-corrected chi connectivity index (χ3v) is 7.40. The van der Waals surface area contributed by atoms with Gasteiger partial charge in [-0.2, -0.15) is 0 Å². The molecule has 184 valence electrons. The molecule has 3 amide bonds. The van der Waals surface area contributed by atoms with Gasteiger partial charge in [-0.1, -0.05) is 19.3 Å². The van der Waals surface area contributed by atoms with Gasteiger partial charge >= 0.3 is 0 Å². The largest absolute Gasteiger partial charge is 0.343 e. The number of nitrogens with one attached hydrogen (secondary N) is 2. The molecule has 34 heavy (non-hydrogen) atoms. The van der Waals surface area contributed by atoms with E-state index in [2.05, 4.69) is 15.6 Å². The third-order valence-electron chi connectivity index (χ3n) is 7.40. The van der Waals surface area contributed by atoms with Crippen molar-refractivity contribution in [1.29, 1.82) is 0 Å². The average molecular weight is 469 g/mol. The van der Waals surface area contributed by atoms with Crippen molar-refractivity contribution in [1.82, 2.24) is 30.0 Å². The Morgan fingerprint density at radius 1 is 1.06 bits per heavy atom. The number of nitrogens with zero attached hydrogens (tertiary/aromatic N) is 4. The van der Waals surface area contributed by atoms with Crippen LogP contribution in [-0.2, 0) is 16.6 Å². The lowest BCUT2D eigenvalue weighted by Gasteiger charge is -2.39. The first-order valence-electron chi connectivity index (χ1n) is 12.4. The molecule has 3 heterocycles. The fourth-order valence-corrected chi connectivity index (χ4v) is 5.11. The minimum absolute atomic E-state index is 0.0237. The first-order valence-corrected chi connectivity index (χ1v) is 12.4. The number of aryl methyl sites for hydroxylation is 1. The summed E-state index contributed by atoms with van der Waals surface area (Å²) in [6, 6.07) is 4.82. The second-order valence-corrected chi connectivity index (χ2v) is 9.52. The molecule has 4 rings (SSSR count). The Bertz CT molecular complexity index is 1040. The van der Waals surface area contributed by atoms with Crippen LogP contribution in [0.25, 0.3) is 11.0 Å². The van der Waals surface area contributed by atoms with Crippen molar-refractivity contribution in [2.45, 2.75) is 51.1 Å². The summed E-state index contributed by atoms with van der Waals surface area (Å²) in [5.74, 6) is -0.0566. The van der Waals surface area contributed by atoms with Crippen LogP contribution in [0.15, 0.2) is 24.4 Å². The normalized spacial score (nSPS) is 19.1. The van der Waals surface area contributed by atoms with Crippen LogP contribution in [0.2, 0.25) is 0 Å². The summed E-state index contributed by atoms with van der Waals surface area (Å²) in [6.07, 6.45) is 7.00. The molecule has 0 aromatic carbocycles. The minimum atomic E-state index is -0.505. The van der Waals surface area contributed by atoms with E-state index < -0.39 is 6.04 Å². The zero-order valence-electron chi connectivity index (χ0n) is 20.4. The Morgan fingerprint density at radius 2 is 1.74 bits per heavy atom. The maximum atomic E-state index is 13.5. The number of pyridine rings is 1. The van der Waals surface area contributed by atoms with Gasteiger partial charge in [0.25, 0.3) is 5.91 Å². The van der Waals surface area contributed by atoms with E-state index in [0.717, 1.165) is 36.7 Å². The lowest BCUT2D eigenvalue weighted by atomic mass is 9.83. The number of aromatic nitrogens is 2. The van der Waals surface area contributed by atoms with Gasteiger partial charge in [-0.15, -0.1) is 0 Å². The highest BCUT2D eigenvalue weighted by Crippen LogP contribution is 2.28. The second-order valence-electron chi connectivity index (χ2n) is 9.52. The summed E-state index contributed by atoms with van der Waals surface area (Å²) in [5.41, 5.74) is 1.38. The summed E-state index contributed by atoms with van der Waals surface area (Å²) in [7, 11) is 3.59. The van der Waals surface area contributed by atoms with Gasteiger partial charge in [-0.25, -0.2) is 4.98 Å². The predicted octanol–water partition coefficient (Wildman–Crippen LogP) is 1.53. The van der Waals surface area contributed by atoms with Crippen molar-refractivity contribution in [3.05, 3.63) is 30.1 Å². The number of likely N-dealkylation sites (N-methyl/N-ethyl adjacent to an activating group) is 1. The molecule has 1 aliphatic heterocycles. The van der Waals surface area contributed by atoms with Crippen molar-refractivity contribution >= 4 is 28.8 Å². The molecule has 0 unspecified atom stereocenters. The maximum absolute atomic E-state index is 13.5. The van der Waals surface area contributed by atoms with Gasteiger partial charge < -0.3 is 25.0 Å². The Morgan fingerprint density at radius 3 is 2.38 bits per heavy atom. The molecular weight excluding hydrogens is 432 g/mol. The van der Waals surface area contributed by atoms with Crippen LogP contribution in [0.1, 0.15) is 49.5 Å². The summed E-state index contributed by atoms with van der Waals surface area (Å²) in [5, 5.41) is 6.92. The number of amides is 3. The van der Waals surface area contributed by atoms with Crippen LogP contribution in [0, 0.1) is 5.92 Å². The quantitative estimate of drug-likeness (QED) is 0.670. The molecule has 1 aliphatic carbocycles. The van der Waals surface area contributed by atoms with Gasteiger partial charge in [0, 0.05) is 44.8 Å². The molecule has 2 aromatic heterocycles. The maximum Gasteiger partial charge on any atom is 0.270 e. The lowest BCUT2D eigenvalue weighted by Crippen LogP contribution is -2.59. The van der Waals surface area contributed by atoms with Crippen LogP contribution in [0.3, 0.4) is 0 Å². The second kappa shape index (κ2) is 10.5. The van der Waals surface area contributed by atoms with Crippen molar-refractivity contribution in [3.63, 3.8) is 0 Å². The van der Waals surface area contributed by atoms with Crippen LogP contribution in [0.5, 0.6) is 0 Å². The highest BCUT2D eigenvalue weighted by Gasteiger charge is 2.36. The molecule has 0 bridgehead atoms. The SMILES string of the molecule is CN[C@@H](C)C(=O)N[C@H](C(=O)N1CCN(C(=O)c2cc3cccnc3n2C)CC1)C1CCCCC1. The van der Waals surface area contributed by atoms with E-state index in [4.69, 9.17) is 0 Å². The Labute approximate surface area is 200 Å². The minimum Gasteiger partial charge on any atom is -0.343 e. The monoisotopic (exact) mass is 468 g/mol. The first kappa shape index (κ1) is 24.2. The van der Waals surface area contributed by atoms with Gasteiger partial charge in [-0.05, 0) is 50.9 Å². The topological polar surface area (TPSA) is 99.6 Å². The summed E-state index contributed by atoms with van der Waals surface area (Å²) >= 11 is 0. The van der Waals surface area contributed by atoms with Crippen molar-refractivity contribution in [2.75, 3.05) is 33.2 Å². The van der Waals surface area contributed by atoms with Crippen LogP contribution < -0.4 is 10.6 Å². The standard InChI is InChI=1S/C25H36N6O3/c1-17(26-2)23(32)28-21(18-8-5-4-6-9-18)25(34)31-14-12-30(13-15-31)24(33)20-16-19-10-7-11-27-22(19)29(20)3/h7,10-11,16-18,21,26H,4-6,8-9,12-15H2,1-3H3,(H,28,32)/t17-,21-/m0/s1. The fourth-order valence-electron chi connectivity index (χ4n) is 5.11. The van der Waals surface area contributed by atoms with E-state index in [1.165, 1.54) is 6.42 Å². The smallest absolute Gasteiger partial charge is 0.270 e. The zero-order valence-corrected chi connectivity index (χ0v) is 20.4. The van der Waals surface area contributed by atoms with Gasteiger partial charge in [0.15, 0.2) is 0 Å². The van der Waals surface area contributed by atoms with Crippen molar-refractivity contribution in [2.24, 2.45) is 13.0 Å². The number of carbonyl (C=O) groups excluding carboxylic acids is 3. The highest BCUT2D eigenvalue weighted by atomic mass is 16.2. The number of hydrogen-bond acceptors (Lipinski definition) is 5. The number of piperazine rings is 1. The number of hydrogen-bond donors (Lipinski definition) is 2. The van der Waals surface area contributed by atoms with Crippen molar-refractivity contribution in [3.8, 4) is 0 Å². The molecule has 1 saturated heterocycles. The molecule has 2 aromatic rings. The van der Waals surface area contributed by atoms with E-state index in [0.29, 0.717) is 31.9 Å². The lowest BCUT2D eigenvalue weighted by molar-refractivity contribution is -0.140. The Balaban J connectivity index is 1.42. The molecule has 9 nitrogen and oxygen atoms in total. The summed E-state index contributed by atoms with van der Waals surface area (Å²) in [4.78, 5) is 47.3. The van der Waals surface area contributed by atoms with E-state index >= 15 is 0 Å². The molecule has 2 aliphatic rings. The fraction of sp³-hybridized carbons (Fsp3) is 0.600. The van der Waals surface area contributed by atoms with Gasteiger partial charge in [0.1, 0.15) is 17.4 Å². The predicted molar refractivity (Wildman–Crippen MR) is 130 cm³/mol. The number of fused-ring (bicyclic) bond motifs is 1. The average Bonchev–Trinajstić information content (AvgIpc) is 3.22.